The molecule has 1 fully saturated rings. The third kappa shape index (κ3) is 3.85. The first kappa shape index (κ1) is 15.6. The van der Waals surface area contributed by atoms with Gasteiger partial charge in [0.15, 0.2) is 5.82 Å². The van der Waals surface area contributed by atoms with E-state index in [0.717, 1.165) is 0 Å². The first-order valence-corrected chi connectivity index (χ1v) is 6.88. The van der Waals surface area contributed by atoms with Gasteiger partial charge in [0.2, 0.25) is 0 Å². The zero-order valence-electron chi connectivity index (χ0n) is 11.7. The molecule has 2 heterocycles. The molecule has 2 rings (SSSR count). The number of piperidine rings is 1. The lowest BCUT2D eigenvalue weighted by molar-refractivity contribution is -0.184. The molecule has 0 saturated carbocycles. The number of nitrogens with zero attached hydrogens (tertiary/aromatic N) is 4. The molecule has 21 heavy (non-hydrogen) atoms. The van der Waals surface area contributed by atoms with Gasteiger partial charge in [0, 0.05) is 19.6 Å². The molecule has 1 aliphatic rings. The fourth-order valence-corrected chi connectivity index (χ4v) is 2.38. The monoisotopic (exact) mass is 305 g/mol. The van der Waals surface area contributed by atoms with Crippen molar-refractivity contribution in [2.45, 2.75) is 39.0 Å². The Morgan fingerprint density at radius 3 is 2.95 bits per heavy atom. The molecular formula is C12H18F3N5O. The number of rotatable bonds is 3. The number of aryl methyl sites for hydroxylation is 1. The molecule has 1 aliphatic heterocycles. The van der Waals surface area contributed by atoms with E-state index in [0.29, 0.717) is 25.3 Å². The first-order chi connectivity index (χ1) is 9.91. The van der Waals surface area contributed by atoms with Crippen LogP contribution in [0.4, 0.5) is 18.0 Å². The predicted molar refractivity (Wildman–Crippen MR) is 68.3 cm³/mol. The van der Waals surface area contributed by atoms with E-state index in [1.165, 1.54) is 4.90 Å². The minimum atomic E-state index is -4.25. The summed E-state index contributed by atoms with van der Waals surface area (Å²) in [5.41, 5.74) is 0. The number of carbonyl (C=O) groups is 1. The Morgan fingerprint density at radius 1 is 1.52 bits per heavy atom. The van der Waals surface area contributed by atoms with Gasteiger partial charge in [-0.15, -0.1) is 10.2 Å². The molecule has 0 bridgehead atoms. The molecule has 0 unspecified atom stereocenters. The van der Waals surface area contributed by atoms with Crippen LogP contribution in [-0.4, -0.2) is 45.0 Å². The van der Waals surface area contributed by atoms with Crippen molar-refractivity contribution in [1.82, 2.24) is 25.0 Å². The van der Waals surface area contributed by atoms with Crippen molar-refractivity contribution < 1.29 is 18.0 Å². The summed E-state index contributed by atoms with van der Waals surface area (Å²) < 4.78 is 39.9. The van der Waals surface area contributed by atoms with E-state index in [9.17, 15) is 18.0 Å². The third-order valence-electron chi connectivity index (χ3n) is 3.61. The molecule has 118 valence electrons. The first-order valence-electron chi connectivity index (χ1n) is 6.88. The highest BCUT2D eigenvalue weighted by atomic mass is 19.4. The fourth-order valence-electron chi connectivity index (χ4n) is 2.38. The molecule has 1 aromatic heterocycles. The number of nitrogens with one attached hydrogen (secondary N) is 1. The maximum Gasteiger partial charge on any atom is 0.393 e. The molecule has 0 radical (unpaired) electrons. The standard InChI is InChI=1S/C12H18F3N5O/c1-2-19-8-17-18-10(19)6-16-11(21)20-5-3-4-9(7-20)12(13,14)15/h8-9H,2-7H2,1H3,(H,16,21)/t9-/m1/s1. The molecule has 0 spiro atoms. The quantitative estimate of drug-likeness (QED) is 0.926. The number of amides is 2. The van der Waals surface area contributed by atoms with Crippen LogP contribution in [0.2, 0.25) is 0 Å². The highest BCUT2D eigenvalue weighted by Crippen LogP contribution is 2.33. The van der Waals surface area contributed by atoms with E-state index >= 15 is 0 Å². The second kappa shape index (κ2) is 6.31. The summed E-state index contributed by atoms with van der Waals surface area (Å²) in [5.74, 6) is -0.855. The highest BCUT2D eigenvalue weighted by Gasteiger charge is 2.42. The molecule has 1 saturated heterocycles. The molecule has 1 N–H and O–H groups in total. The van der Waals surface area contributed by atoms with E-state index in [1.54, 1.807) is 10.9 Å². The normalized spacial score (nSPS) is 19.6. The summed E-state index contributed by atoms with van der Waals surface area (Å²) in [6, 6.07) is -0.491. The molecular weight excluding hydrogens is 287 g/mol. The molecule has 1 atom stereocenters. The van der Waals surface area contributed by atoms with Gasteiger partial charge in [-0.25, -0.2) is 4.79 Å². The van der Waals surface area contributed by atoms with Crippen molar-refractivity contribution in [2.24, 2.45) is 5.92 Å². The van der Waals surface area contributed by atoms with Gasteiger partial charge in [0.1, 0.15) is 6.33 Å². The summed E-state index contributed by atoms with van der Waals surface area (Å²) in [4.78, 5) is 13.2. The minimum Gasteiger partial charge on any atom is -0.331 e. The Balaban J connectivity index is 1.88. The predicted octanol–water partition coefficient (Wildman–Crippen LogP) is 1.78. The zero-order valence-corrected chi connectivity index (χ0v) is 11.7. The van der Waals surface area contributed by atoms with Gasteiger partial charge < -0.3 is 14.8 Å². The second-order valence-electron chi connectivity index (χ2n) is 5.02. The van der Waals surface area contributed by atoms with Crippen molar-refractivity contribution in [3.63, 3.8) is 0 Å². The number of hydrogen-bond acceptors (Lipinski definition) is 3. The van der Waals surface area contributed by atoms with E-state index in [4.69, 9.17) is 0 Å². The highest BCUT2D eigenvalue weighted by molar-refractivity contribution is 5.74. The van der Waals surface area contributed by atoms with Crippen LogP contribution in [0.5, 0.6) is 0 Å². The fraction of sp³-hybridized carbons (Fsp3) is 0.750. The van der Waals surface area contributed by atoms with Crippen LogP contribution in [-0.2, 0) is 13.1 Å². The number of aromatic nitrogens is 3. The molecule has 0 aliphatic carbocycles. The Labute approximate surface area is 120 Å². The summed E-state index contributed by atoms with van der Waals surface area (Å²) >= 11 is 0. The summed E-state index contributed by atoms with van der Waals surface area (Å²) in [5, 5.41) is 10.2. The maximum absolute atomic E-state index is 12.7. The second-order valence-corrected chi connectivity index (χ2v) is 5.02. The molecule has 6 nitrogen and oxygen atoms in total. The van der Waals surface area contributed by atoms with Crippen LogP contribution in [0.1, 0.15) is 25.6 Å². The smallest absolute Gasteiger partial charge is 0.331 e. The lowest BCUT2D eigenvalue weighted by Gasteiger charge is -2.33. The third-order valence-corrected chi connectivity index (χ3v) is 3.61. The Kier molecular flexibility index (Phi) is 4.69. The SMILES string of the molecule is CCn1cnnc1CNC(=O)N1CCC[C@@H](C(F)(F)F)C1. The van der Waals surface area contributed by atoms with Crippen molar-refractivity contribution >= 4 is 6.03 Å². The summed E-state index contributed by atoms with van der Waals surface area (Å²) in [6.45, 7) is 2.79. The zero-order chi connectivity index (χ0) is 15.5. The van der Waals surface area contributed by atoms with Gasteiger partial charge in [-0.2, -0.15) is 13.2 Å². The lowest BCUT2D eigenvalue weighted by Crippen LogP contribution is -2.48. The largest absolute Gasteiger partial charge is 0.393 e. The number of hydrogen-bond donors (Lipinski definition) is 1. The van der Waals surface area contributed by atoms with E-state index in [-0.39, 0.29) is 19.5 Å². The molecule has 0 aromatic carbocycles. The van der Waals surface area contributed by atoms with Crippen molar-refractivity contribution in [1.29, 1.82) is 0 Å². The van der Waals surface area contributed by atoms with Crippen LogP contribution in [0.25, 0.3) is 0 Å². The van der Waals surface area contributed by atoms with Crippen molar-refractivity contribution in [3.05, 3.63) is 12.2 Å². The Morgan fingerprint density at radius 2 is 2.29 bits per heavy atom. The topological polar surface area (TPSA) is 63.1 Å². The number of urea groups is 1. The summed E-state index contributed by atoms with van der Waals surface area (Å²) in [6.07, 6.45) is -2.26. The number of likely N-dealkylation sites (tertiary alicyclic amines) is 1. The van der Waals surface area contributed by atoms with Gasteiger partial charge in [-0.1, -0.05) is 0 Å². The van der Waals surface area contributed by atoms with E-state index in [2.05, 4.69) is 15.5 Å². The minimum absolute atomic E-state index is 0.0808. The van der Waals surface area contributed by atoms with Crippen molar-refractivity contribution in [2.75, 3.05) is 13.1 Å². The van der Waals surface area contributed by atoms with Gasteiger partial charge in [-0.05, 0) is 19.8 Å². The van der Waals surface area contributed by atoms with Crippen LogP contribution in [0.15, 0.2) is 6.33 Å². The van der Waals surface area contributed by atoms with Gasteiger partial charge in [0.25, 0.3) is 0 Å². The number of carbonyl (C=O) groups excluding carboxylic acids is 1. The van der Waals surface area contributed by atoms with E-state index < -0.39 is 18.1 Å². The van der Waals surface area contributed by atoms with Crippen LogP contribution in [0.3, 0.4) is 0 Å². The lowest BCUT2D eigenvalue weighted by atomic mass is 9.98. The molecule has 9 heteroatoms. The van der Waals surface area contributed by atoms with Crippen LogP contribution >= 0.6 is 0 Å². The van der Waals surface area contributed by atoms with Gasteiger partial charge >= 0.3 is 12.2 Å². The van der Waals surface area contributed by atoms with Gasteiger partial charge in [-0.3, -0.25) is 0 Å². The number of alkyl halides is 3. The van der Waals surface area contributed by atoms with E-state index in [1.807, 2.05) is 6.92 Å². The summed E-state index contributed by atoms with van der Waals surface area (Å²) in [7, 11) is 0. The van der Waals surface area contributed by atoms with Crippen LogP contribution in [0, 0.1) is 5.92 Å². The Hall–Kier alpha value is -1.80. The average molecular weight is 305 g/mol. The maximum atomic E-state index is 12.7. The average Bonchev–Trinajstić information content (AvgIpc) is 2.91. The Bertz CT molecular complexity index is 487. The number of halogens is 3. The van der Waals surface area contributed by atoms with Crippen LogP contribution < -0.4 is 5.32 Å². The van der Waals surface area contributed by atoms with Crippen molar-refractivity contribution in [3.8, 4) is 0 Å². The molecule has 1 aromatic rings. The van der Waals surface area contributed by atoms with Gasteiger partial charge in [0.05, 0.1) is 12.5 Å². The molecule has 2 amide bonds.